The van der Waals surface area contributed by atoms with Gasteiger partial charge in [0.1, 0.15) is 19.3 Å². The van der Waals surface area contributed by atoms with Crippen LogP contribution in [0.5, 0.6) is 0 Å². The van der Waals surface area contributed by atoms with E-state index in [0.717, 1.165) is 186 Å². The molecule has 5 atom stereocenters. The Hall–Kier alpha value is -4.02. The maximum absolute atomic E-state index is 13.1. The molecule has 0 heterocycles. The van der Waals surface area contributed by atoms with Crippen molar-refractivity contribution >= 4 is 39.5 Å². The summed E-state index contributed by atoms with van der Waals surface area (Å²) in [4.78, 5) is 73.0. The van der Waals surface area contributed by atoms with Crippen LogP contribution in [0.2, 0.25) is 0 Å². The number of aliphatic hydroxyl groups excluding tert-OH is 1. The van der Waals surface area contributed by atoms with Crippen LogP contribution in [0.25, 0.3) is 0 Å². The maximum Gasteiger partial charge on any atom is 0.472 e. The molecule has 0 fully saturated rings. The summed E-state index contributed by atoms with van der Waals surface area (Å²) in [6.45, 7) is 4.76. The third-order valence-corrected chi connectivity index (χ3v) is 18.9. The second-order valence-corrected chi connectivity index (χ2v) is 29.9. The summed E-state index contributed by atoms with van der Waals surface area (Å²) in [5, 5.41) is 10.6. The lowest BCUT2D eigenvalue weighted by Gasteiger charge is -2.21. The van der Waals surface area contributed by atoms with E-state index < -0.39 is 97.5 Å². The van der Waals surface area contributed by atoms with Crippen LogP contribution in [-0.4, -0.2) is 96.7 Å². The molecule has 0 aliphatic carbocycles. The van der Waals surface area contributed by atoms with E-state index in [1.165, 1.54) is 83.5 Å². The monoisotopic (exact) mass is 1480 g/mol. The first-order valence-electron chi connectivity index (χ1n) is 40.5. The largest absolute Gasteiger partial charge is 0.472 e. The number of carbonyl (C=O) groups excluding carboxylic acids is 4. The molecule has 590 valence electrons. The standard InChI is InChI=1S/C83H146O17P2/c1-5-9-13-17-21-25-29-33-36-37-38-39-42-45-48-52-56-60-64-68-81(86)94-74-79(100-83(88)70-66-62-58-54-50-46-41-35-31-27-23-19-15-11-7-3)76-98-102(91,92)96-72-77(84)71-95-101(89,90)97-75-78(99-82(87)69-65-61-57-53-49-43-32-28-24-20-16-12-8-4)73-93-80(85)67-63-59-55-51-47-44-40-34-30-26-22-18-14-10-6-2/h21-23,25-28,32-36,38-41,77-79,84H,5-20,24,29-31,37,42-76H2,1-4H3,(H,89,90)(H,91,92)/b25-21-,26-22-,27-23-,32-28-,36-33-,39-38-,40-34-,41-35-. The molecule has 0 aromatic carbocycles. The Kier molecular flexibility index (Phi) is 72.3. The fourth-order valence-corrected chi connectivity index (χ4v) is 12.3. The van der Waals surface area contributed by atoms with Crippen molar-refractivity contribution in [3.63, 3.8) is 0 Å². The summed E-state index contributed by atoms with van der Waals surface area (Å²) < 4.78 is 68.6. The molecule has 19 heteroatoms. The highest BCUT2D eigenvalue weighted by Crippen LogP contribution is 2.45. The van der Waals surface area contributed by atoms with Crippen LogP contribution in [0.4, 0.5) is 0 Å². The van der Waals surface area contributed by atoms with Gasteiger partial charge in [-0.05, 0) is 154 Å². The predicted octanol–water partition coefficient (Wildman–Crippen LogP) is 23.6. The summed E-state index contributed by atoms with van der Waals surface area (Å²) in [5.74, 6) is -2.21. The number of phosphoric acid groups is 2. The predicted molar refractivity (Wildman–Crippen MR) is 418 cm³/mol. The van der Waals surface area contributed by atoms with Crippen LogP contribution < -0.4 is 0 Å². The zero-order valence-corrected chi connectivity index (χ0v) is 66.3. The second kappa shape index (κ2) is 75.2. The van der Waals surface area contributed by atoms with Gasteiger partial charge in [-0.2, -0.15) is 0 Å². The molecule has 0 saturated heterocycles. The van der Waals surface area contributed by atoms with Crippen LogP contribution in [0.1, 0.15) is 349 Å². The van der Waals surface area contributed by atoms with Gasteiger partial charge in [-0.1, -0.05) is 266 Å². The number of esters is 4. The van der Waals surface area contributed by atoms with Gasteiger partial charge in [0, 0.05) is 25.7 Å². The summed E-state index contributed by atoms with van der Waals surface area (Å²) in [6.07, 6.45) is 79.4. The zero-order chi connectivity index (χ0) is 74.6. The summed E-state index contributed by atoms with van der Waals surface area (Å²) in [7, 11) is -9.96. The summed E-state index contributed by atoms with van der Waals surface area (Å²) in [6, 6.07) is 0. The number of allylic oxidation sites excluding steroid dienone is 16. The van der Waals surface area contributed by atoms with Crippen LogP contribution in [0.15, 0.2) is 97.2 Å². The number of rotatable bonds is 76. The minimum absolute atomic E-state index is 0.0758. The van der Waals surface area contributed by atoms with Gasteiger partial charge in [0.15, 0.2) is 12.2 Å². The van der Waals surface area contributed by atoms with Gasteiger partial charge in [-0.15, -0.1) is 0 Å². The van der Waals surface area contributed by atoms with E-state index in [0.29, 0.717) is 25.7 Å². The molecule has 17 nitrogen and oxygen atoms in total. The van der Waals surface area contributed by atoms with E-state index >= 15 is 0 Å². The molecule has 0 bridgehead atoms. The Morgan fingerprint density at radius 1 is 0.275 bits per heavy atom. The van der Waals surface area contributed by atoms with Crippen molar-refractivity contribution in [1.29, 1.82) is 0 Å². The Morgan fingerprint density at radius 3 is 0.765 bits per heavy atom. The Bertz CT molecular complexity index is 2310. The highest BCUT2D eigenvalue weighted by Gasteiger charge is 2.30. The minimum Gasteiger partial charge on any atom is -0.462 e. The topological polar surface area (TPSA) is 237 Å². The van der Waals surface area contributed by atoms with Gasteiger partial charge in [-0.25, -0.2) is 9.13 Å². The minimum atomic E-state index is -4.98. The molecule has 0 spiro atoms. The van der Waals surface area contributed by atoms with Crippen molar-refractivity contribution in [3.05, 3.63) is 97.2 Å². The van der Waals surface area contributed by atoms with Crippen molar-refractivity contribution < 1.29 is 80.2 Å². The fourth-order valence-electron chi connectivity index (χ4n) is 10.8. The third kappa shape index (κ3) is 74.3. The second-order valence-electron chi connectivity index (χ2n) is 27.0. The smallest absolute Gasteiger partial charge is 0.462 e. The number of hydrogen-bond acceptors (Lipinski definition) is 15. The molecule has 0 aliphatic heterocycles. The quantitative estimate of drug-likeness (QED) is 0.0169. The molecule has 102 heavy (non-hydrogen) atoms. The molecule has 0 aliphatic rings. The molecule has 0 saturated carbocycles. The van der Waals surface area contributed by atoms with Gasteiger partial charge < -0.3 is 33.8 Å². The normalized spacial score (nSPS) is 14.4. The fraction of sp³-hybridized carbons (Fsp3) is 0.759. The Balaban J connectivity index is 5.37. The lowest BCUT2D eigenvalue weighted by Crippen LogP contribution is -2.30. The van der Waals surface area contributed by atoms with E-state index in [1.807, 2.05) is 0 Å². The van der Waals surface area contributed by atoms with Gasteiger partial charge >= 0.3 is 39.5 Å². The summed E-state index contributed by atoms with van der Waals surface area (Å²) in [5.41, 5.74) is 0. The first-order valence-corrected chi connectivity index (χ1v) is 43.5. The molecule has 0 aromatic rings. The number of ether oxygens (including phenoxy) is 4. The van der Waals surface area contributed by atoms with Gasteiger partial charge in [0.25, 0.3) is 0 Å². The maximum atomic E-state index is 13.1. The highest BCUT2D eigenvalue weighted by atomic mass is 31.2. The molecule has 0 aromatic heterocycles. The molecule has 0 amide bonds. The first kappa shape index (κ1) is 98.0. The van der Waals surface area contributed by atoms with Crippen LogP contribution >= 0.6 is 15.6 Å². The average molecular weight is 1480 g/mol. The zero-order valence-electron chi connectivity index (χ0n) is 64.5. The first-order chi connectivity index (χ1) is 49.7. The van der Waals surface area contributed by atoms with E-state index in [9.17, 15) is 43.2 Å². The number of carbonyl (C=O) groups is 4. The van der Waals surface area contributed by atoms with E-state index in [1.54, 1.807) is 0 Å². The number of hydrogen-bond donors (Lipinski definition) is 3. The third-order valence-electron chi connectivity index (χ3n) is 17.0. The van der Waals surface area contributed by atoms with Crippen molar-refractivity contribution in [1.82, 2.24) is 0 Å². The lowest BCUT2D eigenvalue weighted by atomic mass is 10.1. The summed E-state index contributed by atoms with van der Waals surface area (Å²) >= 11 is 0. The molecule has 0 radical (unpaired) electrons. The Morgan fingerprint density at radius 2 is 0.480 bits per heavy atom. The number of aliphatic hydroxyl groups is 1. The van der Waals surface area contributed by atoms with E-state index in [-0.39, 0.29) is 25.7 Å². The van der Waals surface area contributed by atoms with Crippen molar-refractivity contribution in [2.75, 3.05) is 39.6 Å². The Labute approximate surface area is 620 Å². The van der Waals surface area contributed by atoms with Crippen molar-refractivity contribution in [3.8, 4) is 0 Å². The van der Waals surface area contributed by atoms with Gasteiger partial charge in [-0.3, -0.25) is 37.3 Å². The van der Waals surface area contributed by atoms with Crippen LogP contribution in [0.3, 0.4) is 0 Å². The van der Waals surface area contributed by atoms with E-state index in [2.05, 4.69) is 125 Å². The number of phosphoric ester groups is 2. The SMILES string of the molecule is CCCCC/C=C\C/C=C\C/C=C\CCCCCCCCC(=O)OCC(COP(=O)(O)OCC(O)COP(=O)(O)OCC(COC(=O)CCCCCCC/C=C\C/C=C\CCCCC)OC(=O)CCCCCCC/C=C\CCCCCC)OC(=O)CCCCCCC/C=C\C/C=C\CCCCC. The molecule has 3 N–H and O–H groups in total. The van der Waals surface area contributed by atoms with Crippen molar-refractivity contribution in [2.45, 2.75) is 367 Å². The van der Waals surface area contributed by atoms with Gasteiger partial charge in [0.05, 0.1) is 26.4 Å². The molecule has 5 unspecified atom stereocenters. The van der Waals surface area contributed by atoms with Crippen LogP contribution in [-0.2, 0) is 65.4 Å². The van der Waals surface area contributed by atoms with Crippen LogP contribution in [0, 0.1) is 0 Å². The molecule has 0 rings (SSSR count). The number of unbranched alkanes of at least 4 members (excludes halogenated alkanes) is 34. The molecular formula is C83H146O17P2. The lowest BCUT2D eigenvalue weighted by molar-refractivity contribution is -0.161. The molecular weight excluding hydrogens is 1330 g/mol. The van der Waals surface area contributed by atoms with E-state index in [4.69, 9.17) is 37.0 Å². The highest BCUT2D eigenvalue weighted by molar-refractivity contribution is 7.47. The average Bonchev–Trinajstić information content (AvgIpc) is 0.924. The van der Waals surface area contributed by atoms with Crippen molar-refractivity contribution in [2.24, 2.45) is 0 Å². The van der Waals surface area contributed by atoms with Gasteiger partial charge in [0.2, 0.25) is 0 Å².